The van der Waals surface area contributed by atoms with E-state index in [9.17, 15) is 9.59 Å². The monoisotopic (exact) mass is 212 g/mol. The highest BCUT2D eigenvalue weighted by Gasteiger charge is 2.39. The number of aliphatic carboxylic acids is 1. The van der Waals surface area contributed by atoms with Crippen LogP contribution in [0.25, 0.3) is 0 Å². The Balaban J connectivity index is 1.97. The van der Waals surface area contributed by atoms with E-state index in [4.69, 9.17) is 5.11 Å². The number of carbonyl (C=O) groups excluding carboxylic acids is 1. The van der Waals surface area contributed by atoms with Crippen LogP contribution < -0.4 is 5.32 Å². The predicted molar refractivity (Wildman–Crippen MR) is 53.4 cm³/mol. The Bertz CT molecular complexity index is 274. The lowest BCUT2D eigenvalue weighted by molar-refractivity contribution is -0.140. The van der Waals surface area contributed by atoms with E-state index in [-0.39, 0.29) is 11.9 Å². The third kappa shape index (κ3) is 2.12. The van der Waals surface area contributed by atoms with Gasteiger partial charge in [0.25, 0.3) is 0 Å². The summed E-state index contributed by atoms with van der Waals surface area (Å²) in [5.41, 5.74) is 0. The van der Waals surface area contributed by atoms with Crippen molar-refractivity contribution in [3.8, 4) is 0 Å². The number of piperidine rings is 1. The van der Waals surface area contributed by atoms with Gasteiger partial charge in [-0.05, 0) is 25.9 Å². The van der Waals surface area contributed by atoms with Gasteiger partial charge in [0, 0.05) is 6.42 Å². The molecule has 5 nitrogen and oxygen atoms in total. The van der Waals surface area contributed by atoms with Gasteiger partial charge in [-0.3, -0.25) is 9.69 Å². The molecule has 2 atom stereocenters. The van der Waals surface area contributed by atoms with E-state index in [2.05, 4.69) is 10.2 Å². The van der Waals surface area contributed by atoms with E-state index in [1.807, 2.05) is 0 Å². The summed E-state index contributed by atoms with van der Waals surface area (Å²) in [6.45, 7) is 1.84. The van der Waals surface area contributed by atoms with E-state index in [1.165, 1.54) is 6.42 Å². The zero-order valence-corrected chi connectivity index (χ0v) is 8.61. The molecule has 0 aromatic carbocycles. The Morgan fingerprint density at radius 3 is 2.53 bits per heavy atom. The lowest BCUT2D eigenvalue weighted by Crippen LogP contribution is -2.43. The smallest absolute Gasteiger partial charge is 0.326 e. The van der Waals surface area contributed by atoms with Gasteiger partial charge >= 0.3 is 5.97 Å². The van der Waals surface area contributed by atoms with E-state index in [0.717, 1.165) is 25.9 Å². The summed E-state index contributed by atoms with van der Waals surface area (Å²) in [5.74, 6) is -1.05. The summed E-state index contributed by atoms with van der Waals surface area (Å²) in [7, 11) is 0. The quantitative estimate of drug-likeness (QED) is 0.666. The number of hydrogen-bond donors (Lipinski definition) is 2. The van der Waals surface area contributed by atoms with Crippen LogP contribution in [-0.2, 0) is 9.59 Å². The fourth-order valence-electron chi connectivity index (χ4n) is 2.36. The number of carboxylic acids is 1. The van der Waals surface area contributed by atoms with Crippen LogP contribution in [0.4, 0.5) is 0 Å². The zero-order valence-electron chi connectivity index (χ0n) is 8.61. The molecule has 0 spiro atoms. The molecule has 0 saturated carbocycles. The highest BCUT2D eigenvalue weighted by Crippen LogP contribution is 2.19. The summed E-state index contributed by atoms with van der Waals surface area (Å²) < 4.78 is 0. The van der Waals surface area contributed by atoms with Crippen LogP contribution in [0.15, 0.2) is 0 Å². The maximum atomic E-state index is 11.6. The zero-order chi connectivity index (χ0) is 10.8. The maximum Gasteiger partial charge on any atom is 0.326 e. The van der Waals surface area contributed by atoms with Gasteiger partial charge in [-0.2, -0.15) is 0 Å². The van der Waals surface area contributed by atoms with Gasteiger partial charge in [-0.25, -0.2) is 4.79 Å². The van der Waals surface area contributed by atoms with Crippen molar-refractivity contribution in [1.29, 1.82) is 0 Å². The number of nitrogens with one attached hydrogen (secondary N) is 1. The van der Waals surface area contributed by atoms with Crippen molar-refractivity contribution >= 4 is 11.9 Å². The Morgan fingerprint density at radius 1 is 1.33 bits per heavy atom. The second-order valence-corrected chi connectivity index (χ2v) is 4.25. The molecule has 1 amide bonds. The number of carbonyl (C=O) groups is 2. The molecule has 2 N–H and O–H groups in total. The lowest BCUT2D eigenvalue weighted by Gasteiger charge is -2.30. The van der Waals surface area contributed by atoms with Crippen LogP contribution in [0.3, 0.4) is 0 Å². The predicted octanol–water partition coefficient (Wildman–Crippen LogP) is -0.186. The molecule has 0 radical (unpaired) electrons. The Morgan fingerprint density at radius 2 is 2.00 bits per heavy atom. The van der Waals surface area contributed by atoms with Crippen LogP contribution in [0.5, 0.6) is 0 Å². The maximum absolute atomic E-state index is 11.6. The van der Waals surface area contributed by atoms with Gasteiger partial charge in [-0.1, -0.05) is 6.42 Å². The second-order valence-electron chi connectivity index (χ2n) is 4.25. The second kappa shape index (κ2) is 4.18. The van der Waals surface area contributed by atoms with Crippen molar-refractivity contribution in [2.24, 2.45) is 0 Å². The Hall–Kier alpha value is -1.10. The first-order valence-electron chi connectivity index (χ1n) is 5.46. The molecule has 0 bridgehead atoms. The fraction of sp³-hybridized carbons (Fsp3) is 0.800. The standard InChI is InChI=1S/C10H16N2O3/c13-9-8(6-7(11-9)10(14)15)12-4-2-1-3-5-12/h7-8H,1-6H2,(H,11,13)(H,14,15)/t7-,8-/m0/s1. The van der Waals surface area contributed by atoms with Gasteiger partial charge in [0.15, 0.2) is 0 Å². The molecule has 2 aliphatic rings. The molecule has 2 saturated heterocycles. The Kier molecular flexibility index (Phi) is 2.90. The first-order chi connectivity index (χ1) is 7.18. The van der Waals surface area contributed by atoms with E-state index >= 15 is 0 Å². The lowest BCUT2D eigenvalue weighted by atomic mass is 10.1. The topological polar surface area (TPSA) is 69.6 Å². The Labute approximate surface area is 88.4 Å². The van der Waals surface area contributed by atoms with Crippen LogP contribution in [-0.4, -0.2) is 47.1 Å². The number of amides is 1. The number of carboxylic acid groups (broad SMARTS) is 1. The summed E-state index contributed by atoms with van der Waals surface area (Å²) in [6.07, 6.45) is 3.85. The largest absolute Gasteiger partial charge is 0.480 e. The highest BCUT2D eigenvalue weighted by molar-refractivity contribution is 5.91. The number of hydrogen-bond acceptors (Lipinski definition) is 3. The molecule has 0 unspecified atom stereocenters. The summed E-state index contributed by atoms with van der Waals surface area (Å²) in [5, 5.41) is 11.3. The van der Waals surface area contributed by atoms with Gasteiger partial charge in [0.05, 0.1) is 6.04 Å². The van der Waals surface area contributed by atoms with E-state index in [1.54, 1.807) is 0 Å². The molecular weight excluding hydrogens is 196 g/mol. The first-order valence-corrected chi connectivity index (χ1v) is 5.46. The molecule has 0 aromatic heterocycles. The van der Waals surface area contributed by atoms with E-state index in [0.29, 0.717) is 6.42 Å². The normalized spacial score (nSPS) is 32.7. The van der Waals surface area contributed by atoms with Crippen molar-refractivity contribution in [3.05, 3.63) is 0 Å². The third-order valence-corrected chi connectivity index (χ3v) is 3.21. The van der Waals surface area contributed by atoms with Crippen LogP contribution >= 0.6 is 0 Å². The van der Waals surface area contributed by atoms with Crippen molar-refractivity contribution < 1.29 is 14.7 Å². The molecular formula is C10H16N2O3. The first kappa shape index (κ1) is 10.4. The van der Waals surface area contributed by atoms with E-state index < -0.39 is 12.0 Å². The molecule has 5 heteroatoms. The minimum absolute atomic E-state index is 0.121. The molecule has 84 valence electrons. The number of likely N-dealkylation sites (tertiary alicyclic amines) is 1. The SMILES string of the molecule is O=C(O)[C@@H]1C[C@H](N2CCCCC2)C(=O)N1. The average Bonchev–Trinajstić information content (AvgIpc) is 2.62. The van der Waals surface area contributed by atoms with Gasteiger partial charge < -0.3 is 10.4 Å². The minimum atomic E-state index is -0.928. The van der Waals surface area contributed by atoms with Crippen LogP contribution in [0.2, 0.25) is 0 Å². The van der Waals surface area contributed by atoms with Crippen molar-refractivity contribution in [1.82, 2.24) is 10.2 Å². The average molecular weight is 212 g/mol. The minimum Gasteiger partial charge on any atom is -0.480 e. The summed E-state index contributed by atoms with van der Waals surface area (Å²) >= 11 is 0. The molecule has 0 aromatic rings. The molecule has 2 rings (SSSR count). The fourth-order valence-corrected chi connectivity index (χ4v) is 2.36. The molecule has 2 fully saturated rings. The molecule has 15 heavy (non-hydrogen) atoms. The molecule has 0 aliphatic carbocycles. The summed E-state index contributed by atoms with van der Waals surface area (Å²) in [6, 6.07) is -0.907. The van der Waals surface area contributed by atoms with Gasteiger partial charge in [0.2, 0.25) is 5.91 Å². The third-order valence-electron chi connectivity index (χ3n) is 3.21. The van der Waals surface area contributed by atoms with Crippen LogP contribution in [0.1, 0.15) is 25.7 Å². The molecule has 2 heterocycles. The van der Waals surface area contributed by atoms with Gasteiger partial charge in [-0.15, -0.1) is 0 Å². The van der Waals surface area contributed by atoms with Crippen molar-refractivity contribution in [2.75, 3.05) is 13.1 Å². The van der Waals surface area contributed by atoms with Crippen molar-refractivity contribution in [3.63, 3.8) is 0 Å². The number of nitrogens with zero attached hydrogens (tertiary/aromatic N) is 1. The summed E-state index contributed by atoms with van der Waals surface area (Å²) in [4.78, 5) is 24.4. The van der Waals surface area contributed by atoms with Crippen LogP contribution in [0, 0.1) is 0 Å². The number of rotatable bonds is 2. The van der Waals surface area contributed by atoms with Crippen molar-refractivity contribution in [2.45, 2.75) is 37.8 Å². The van der Waals surface area contributed by atoms with Gasteiger partial charge in [0.1, 0.15) is 6.04 Å². The highest BCUT2D eigenvalue weighted by atomic mass is 16.4. The molecule has 2 aliphatic heterocycles.